The molecule has 1 heterocycles. The number of amides is 1. The third-order valence-corrected chi connectivity index (χ3v) is 6.44. The van der Waals surface area contributed by atoms with Gasteiger partial charge < -0.3 is 10.2 Å². The Hall–Kier alpha value is -3.16. The average Bonchev–Trinajstić information content (AvgIpc) is 3.00. The van der Waals surface area contributed by atoms with Crippen LogP contribution in [0, 0.1) is 0 Å². The van der Waals surface area contributed by atoms with Gasteiger partial charge >= 0.3 is 0 Å². The zero-order chi connectivity index (χ0) is 21.3. The predicted molar refractivity (Wildman–Crippen MR) is 117 cm³/mol. The van der Waals surface area contributed by atoms with Gasteiger partial charge in [0, 0.05) is 35.4 Å². The molecule has 0 fully saturated rings. The standard InChI is InChI=1S/C22H18ClN3O3S/c1-26(14-16-6-2-4-8-19(16)23)22(27)15-10-12-17(13-11-15)24-21-18-7-3-5-9-20(18)30(28,29)25-21/h2-13H,14H2,1H3,(H,24,25). The van der Waals surface area contributed by atoms with E-state index in [9.17, 15) is 13.2 Å². The number of hydrogen-bond acceptors (Lipinski definition) is 4. The molecule has 0 aromatic heterocycles. The lowest BCUT2D eigenvalue weighted by molar-refractivity contribution is 0.0785. The molecule has 0 atom stereocenters. The van der Waals surface area contributed by atoms with E-state index in [0.717, 1.165) is 5.56 Å². The third kappa shape index (κ3) is 3.94. The molecule has 1 aliphatic rings. The minimum absolute atomic E-state index is 0.146. The largest absolute Gasteiger partial charge is 0.339 e. The summed E-state index contributed by atoms with van der Waals surface area (Å²) in [5.74, 6) is 0.119. The monoisotopic (exact) mass is 439 g/mol. The first-order valence-corrected chi connectivity index (χ1v) is 11.0. The van der Waals surface area contributed by atoms with Crippen LogP contribution in [0.1, 0.15) is 21.5 Å². The van der Waals surface area contributed by atoms with Crippen molar-refractivity contribution in [3.8, 4) is 0 Å². The third-order valence-electron chi connectivity index (χ3n) is 4.74. The second kappa shape index (κ2) is 7.93. The van der Waals surface area contributed by atoms with Crippen LogP contribution in [0.4, 0.5) is 5.69 Å². The van der Waals surface area contributed by atoms with Gasteiger partial charge in [0.25, 0.3) is 15.9 Å². The first-order valence-electron chi connectivity index (χ1n) is 9.15. The number of halogens is 1. The minimum Gasteiger partial charge on any atom is -0.339 e. The number of hydrogen-bond donors (Lipinski definition) is 1. The van der Waals surface area contributed by atoms with Crippen LogP contribution in [-0.4, -0.2) is 32.1 Å². The highest BCUT2D eigenvalue weighted by molar-refractivity contribution is 7.90. The summed E-state index contributed by atoms with van der Waals surface area (Å²) in [6.45, 7) is 0.393. The molecule has 0 bridgehead atoms. The minimum atomic E-state index is -3.69. The maximum absolute atomic E-state index is 12.7. The lowest BCUT2D eigenvalue weighted by Gasteiger charge is -2.18. The summed E-state index contributed by atoms with van der Waals surface area (Å²) in [5.41, 5.74) is 2.53. The van der Waals surface area contributed by atoms with Gasteiger partial charge in [0.1, 0.15) is 4.90 Å². The molecular formula is C22H18ClN3O3S. The van der Waals surface area contributed by atoms with Crippen molar-refractivity contribution in [3.05, 3.63) is 94.5 Å². The van der Waals surface area contributed by atoms with Crippen LogP contribution in [0.15, 0.2) is 82.1 Å². The smallest absolute Gasteiger partial charge is 0.285 e. The van der Waals surface area contributed by atoms with E-state index < -0.39 is 10.0 Å². The normalized spacial score (nSPS) is 14.0. The Balaban J connectivity index is 1.48. The summed E-state index contributed by atoms with van der Waals surface area (Å²) in [6, 6.07) is 20.8. The first kappa shape index (κ1) is 20.1. The van der Waals surface area contributed by atoms with Gasteiger partial charge in [0.15, 0.2) is 5.84 Å². The second-order valence-corrected chi connectivity index (χ2v) is 8.85. The van der Waals surface area contributed by atoms with Gasteiger partial charge in [0.05, 0.1) is 0 Å². The van der Waals surface area contributed by atoms with Crippen molar-refractivity contribution in [2.45, 2.75) is 11.4 Å². The van der Waals surface area contributed by atoms with Gasteiger partial charge in [-0.3, -0.25) is 4.79 Å². The molecular weight excluding hydrogens is 422 g/mol. The number of amidine groups is 1. The zero-order valence-corrected chi connectivity index (χ0v) is 17.6. The van der Waals surface area contributed by atoms with Crippen molar-refractivity contribution in [2.75, 3.05) is 12.4 Å². The molecule has 0 spiro atoms. The fourth-order valence-electron chi connectivity index (χ4n) is 3.20. The van der Waals surface area contributed by atoms with Crippen LogP contribution >= 0.6 is 11.6 Å². The van der Waals surface area contributed by atoms with E-state index in [4.69, 9.17) is 11.6 Å². The summed E-state index contributed by atoms with van der Waals surface area (Å²) in [6.07, 6.45) is 0. The van der Waals surface area contributed by atoms with Gasteiger partial charge in [-0.15, -0.1) is 4.40 Å². The molecule has 4 rings (SSSR count). The Labute approximate surface area is 179 Å². The zero-order valence-electron chi connectivity index (χ0n) is 16.0. The van der Waals surface area contributed by atoms with Crippen LogP contribution in [0.5, 0.6) is 0 Å². The molecule has 6 nitrogen and oxygen atoms in total. The molecule has 3 aromatic carbocycles. The molecule has 1 N–H and O–H groups in total. The van der Waals surface area contributed by atoms with Gasteiger partial charge in [0.2, 0.25) is 0 Å². The SMILES string of the molecule is CN(Cc1ccccc1Cl)C(=O)c1ccc(NC2=NS(=O)(=O)c3ccccc32)cc1. The summed E-state index contributed by atoms with van der Waals surface area (Å²) in [5, 5.41) is 3.64. The topological polar surface area (TPSA) is 78.8 Å². The highest BCUT2D eigenvalue weighted by Gasteiger charge is 2.28. The van der Waals surface area contributed by atoms with Crippen LogP contribution in [0.2, 0.25) is 5.02 Å². The van der Waals surface area contributed by atoms with Crippen molar-refractivity contribution in [2.24, 2.45) is 4.40 Å². The molecule has 0 saturated carbocycles. The molecule has 1 aliphatic heterocycles. The fourth-order valence-corrected chi connectivity index (χ4v) is 4.57. The van der Waals surface area contributed by atoms with Gasteiger partial charge in [-0.2, -0.15) is 8.42 Å². The number of carbonyl (C=O) groups excluding carboxylic acids is 1. The van der Waals surface area contributed by atoms with Gasteiger partial charge in [-0.1, -0.05) is 41.9 Å². The lowest BCUT2D eigenvalue weighted by atomic mass is 10.1. The summed E-state index contributed by atoms with van der Waals surface area (Å²) < 4.78 is 28.1. The molecule has 3 aromatic rings. The van der Waals surface area contributed by atoms with Crippen LogP contribution < -0.4 is 5.32 Å². The molecule has 0 radical (unpaired) electrons. The van der Waals surface area contributed by atoms with E-state index in [0.29, 0.717) is 28.4 Å². The Kier molecular flexibility index (Phi) is 5.32. The number of sulfonamides is 1. The molecule has 0 unspecified atom stereocenters. The second-order valence-electron chi connectivity index (χ2n) is 6.87. The molecule has 30 heavy (non-hydrogen) atoms. The fraction of sp³-hybridized carbons (Fsp3) is 0.0909. The molecule has 0 aliphatic carbocycles. The van der Waals surface area contributed by atoms with Gasteiger partial charge in [-0.05, 0) is 48.0 Å². The first-order chi connectivity index (χ1) is 14.3. The van der Waals surface area contributed by atoms with Crippen LogP contribution in [-0.2, 0) is 16.6 Å². The predicted octanol–water partition coefficient (Wildman–Crippen LogP) is 4.17. The highest BCUT2D eigenvalue weighted by Crippen LogP contribution is 2.27. The molecule has 1 amide bonds. The van der Waals surface area contributed by atoms with Crippen LogP contribution in [0.3, 0.4) is 0 Å². The molecule has 152 valence electrons. The molecule has 0 saturated heterocycles. The van der Waals surface area contributed by atoms with E-state index >= 15 is 0 Å². The number of carbonyl (C=O) groups is 1. The van der Waals surface area contributed by atoms with Crippen molar-refractivity contribution in [1.29, 1.82) is 0 Å². The maximum atomic E-state index is 12.7. The summed E-state index contributed by atoms with van der Waals surface area (Å²) in [7, 11) is -1.97. The van der Waals surface area contributed by atoms with Crippen molar-refractivity contribution in [3.63, 3.8) is 0 Å². The van der Waals surface area contributed by atoms with Crippen molar-refractivity contribution < 1.29 is 13.2 Å². The Morgan fingerprint density at radius 1 is 1.00 bits per heavy atom. The maximum Gasteiger partial charge on any atom is 0.285 e. The quantitative estimate of drug-likeness (QED) is 0.661. The van der Waals surface area contributed by atoms with Crippen molar-refractivity contribution >= 4 is 39.1 Å². The van der Waals surface area contributed by atoms with Gasteiger partial charge in [-0.25, -0.2) is 0 Å². The highest BCUT2D eigenvalue weighted by atomic mass is 35.5. The lowest BCUT2D eigenvalue weighted by Crippen LogP contribution is -2.26. The van der Waals surface area contributed by atoms with Crippen LogP contribution in [0.25, 0.3) is 0 Å². The number of nitrogens with zero attached hydrogens (tertiary/aromatic N) is 2. The Morgan fingerprint density at radius 2 is 1.67 bits per heavy atom. The summed E-state index contributed by atoms with van der Waals surface area (Å²) in [4.78, 5) is 14.5. The Bertz CT molecular complexity index is 1250. The van der Waals surface area contributed by atoms with Crippen molar-refractivity contribution in [1.82, 2.24) is 4.90 Å². The van der Waals surface area contributed by atoms with E-state index in [1.54, 1.807) is 60.5 Å². The number of rotatable bonds is 4. The number of anilines is 1. The number of benzene rings is 3. The van der Waals surface area contributed by atoms with E-state index in [1.807, 2.05) is 18.2 Å². The van der Waals surface area contributed by atoms with E-state index in [1.165, 1.54) is 6.07 Å². The number of fused-ring (bicyclic) bond motifs is 1. The number of nitrogens with one attached hydrogen (secondary N) is 1. The van der Waals surface area contributed by atoms with E-state index in [-0.39, 0.29) is 16.6 Å². The average molecular weight is 440 g/mol. The molecule has 8 heteroatoms. The van der Waals surface area contributed by atoms with E-state index in [2.05, 4.69) is 9.71 Å². The summed E-state index contributed by atoms with van der Waals surface area (Å²) >= 11 is 6.18. The Morgan fingerprint density at radius 3 is 2.40 bits per heavy atom.